The molecule has 0 radical (unpaired) electrons. The number of nitrogens with zero attached hydrogens (tertiary/aromatic N) is 2. The van der Waals surface area contributed by atoms with Gasteiger partial charge in [-0.1, -0.05) is 31.8 Å². The van der Waals surface area contributed by atoms with Crippen molar-refractivity contribution in [2.45, 2.75) is 57.8 Å². The molecule has 1 aliphatic rings. The molecule has 1 atom stereocenters. The van der Waals surface area contributed by atoms with Crippen LogP contribution in [0.2, 0.25) is 0 Å². The molecule has 0 spiro atoms. The predicted octanol–water partition coefficient (Wildman–Crippen LogP) is 3.05. The molecule has 1 N–H and O–H groups in total. The standard InChI is InChI=1S/C14H24N2O2S/c1-10(2)8-19-9-13-15-14(18-16-13)7-12(17)11-5-3-4-6-11/h10-12,17H,3-9H2,1-2H3. The van der Waals surface area contributed by atoms with E-state index >= 15 is 0 Å². The number of aliphatic hydroxyl groups excluding tert-OH is 1. The van der Waals surface area contributed by atoms with Gasteiger partial charge in [-0.25, -0.2) is 0 Å². The van der Waals surface area contributed by atoms with Crippen LogP contribution in [-0.4, -0.2) is 27.1 Å². The maximum atomic E-state index is 10.1. The summed E-state index contributed by atoms with van der Waals surface area (Å²) in [5.74, 6) is 4.33. The molecule has 1 heterocycles. The third-order valence-electron chi connectivity index (χ3n) is 3.52. The van der Waals surface area contributed by atoms with E-state index in [1.807, 2.05) is 11.8 Å². The number of hydrogen-bond acceptors (Lipinski definition) is 5. The molecule has 108 valence electrons. The Morgan fingerprint density at radius 1 is 1.37 bits per heavy atom. The molecule has 0 aromatic carbocycles. The maximum absolute atomic E-state index is 10.1. The minimum absolute atomic E-state index is 0.320. The average molecular weight is 284 g/mol. The Bertz CT molecular complexity index is 375. The molecule has 19 heavy (non-hydrogen) atoms. The van der Waals surface area contributed by atoms with Gasteiger partial charge in [0.1, 0.15) is 0 Å². The highest BCUT2D eigenvalue weighted by Gasteiger charge is 2.25. The second-order valence-electron chi connectivity index (χ2n) is 5.83. The monoisotopic (exact) mass is 284 g/mol. The van der Waals surface area contributed by atoms with Crippen molar-refractivity contribution in [1.29, 1.82) is 0 Å². The quantitative estimate of drug-likeness (QED) is 0.834. The lowest BCUT2D eigenvalue weighted by Gasteiger charge is -2.14. The molecule has 1 unspecified atom stereocenters. The summed E-state index contributed by atoms with van der Waals surface area (Å²) in [7, 11) is 0. The number of aliphatic hydroxyl groups is 1. The minimum Gasteiger partial charge on any atom is -0.392 e. The molecule has 5 heteroatoms. The second kappa shape index (κ2) is 7.29. The fourth-order valence-electron chi connectivity index (χ4n) is 2.51. The predicted molar refractivity (Wildman–Crippen MR) is 77.0 cm³/mol. The number of aromatic nitrogens is 2. The first-order valence-corrected chi connectivity index (χ1v) is 8.38. The molecule has 0 amide bonds. The lowest BCUT2D eigenvalue weighted by Crippen LogP contribution is -2.20. The lowest BCUT2D eigenvalue weighted by atomic mass is 9.98. The van der Waals surface area contributed by atoms with Crippen molar-refractivity contribution >= 4 is 11.8 Å². The largest absolute Gasteiger partial charge is 0.392 e. The molecule has 1 aromatic rings. The van der Waals surface area contributed by atoms with Crippen molar-refractivity contribution in [2.75, 3.05) is 5.75 Å². The zero-order valence-electron chi connectivity index (χ0n) is 11.8. The van der Waals surface area contributed by atoms with E-state index in [0.29, 0.717) is 24.1 Å². The molecule has 1 saturated carbocycles. The summed E-state index contributed by atoms with van der Waals surface area (Å²) < 4.78 is 5.22. The fourth-order valence-corrected chi connectivity index (χ4v) is 3.39. The van der Waals surface area contributed by atoms with Gasteiger partial charge >= 0.3 is 0 Å². The van der Waals surface area contributed by atoms with Gasteiger partial charge in [-0.05, 0) is 30.4 Å². The number of hydrogen-bond donors (Lipinski definition) is 1. The summed E-state index contributed by atoms with van der Waals surface area (Å²) in [6, 6.07) is 0. The Labute approximate surface area is 119 Å². The van der Waals surface area contributed by atoms with Crippen molar-refractivity contribution in [2.24, 2.45) is 11.8 Å². The van der Waals surface area contributed by atoms with Crippen LogP contribution in [0.3, 0.4) is 0 Å². The van der Waals surface area contributed by atoms with Gasteiger partial charge < -0.3 is 9.63 Å². The highest BCUT2D eigenvalue weighted by Crippen LogP contribution is 2.29. The van der Waals surface area contributed by atoms with E-state index in [1.54, 1.807) is 0 Å². The molecule has 1 fully saturated rings. The topological polar surface area (TPSA) is 59.2 Å². The SMILES string of the molecule is CC(C)CSCc1noc(CC(O)C2CCCC2)n1. The van der Waals surface area contributed by atoms with E-state index in [0.717, 1.165) is 30.2 Å². The maximum Gasteiger partial charge on any atom is 0.229 e. The summed E-state index contributed by atoms with van der Waals surface area (Å²) in [5, 5.41) is 14.1. The van der Waals surface area contributed by atoms with Crippen molar-refractivity contribution in [3.05, 3.63) is 11.7 Å². The summed E-state index contributed by atoms with van der Waals surface area (Å²) in [6.45, 7) is 4.40. The van der Waals surface area contributed by atoms with Gasteiger partial charge in [0.25, 0.3) is 0 Å². The Balaban J connectivity index is 1.76. The Morgan fingerprint density at radius 3 is 2.79 bits per heavy atom. The van der Waals surface area contributed by atoms with E-state index in [2.05, 4.69) is 24.0 Å². The normalized spacial score (nSPS) is 18.3. The van der Waals surface area contributed by atoms with Gasteiger partial charge in [0.05, 0.1) is 18.3 Å². The van der Waals surface area contributed by atoms with Crippen molar-refractivity contribution in [1.82, 2.24) is 10.1 Å². The highest BCUT2D eigenvalue weighted by atomic mass is 32.2. The van der Waals surface area contributed by atoms with E-state index in [1.165, 1.54) is 12.8 Å². The fraction of sp³-hybridized carbons (Fsp3) is 0.857. The smallest absolute Gasteiger partial charge is 0.229 e. The van der Waals surface area contributed by atoms with Crippen LogP contribution in [0.1, 0.15) is 51.2 Å². The third kappa shape index (κ3) is 4.80. The van der Waals surface area contributed by atoms with Gasteiger partial charge in [0, 0.05) is 0 Å². The molecule has 2 rings (SSSR count). The first-order valence-electron chi connectivity index (χ1n) is 7.22. The van der Waals surface area contributed by atoms with Crippen LogP contribution < -0.4 is 0 Å². The molecular weight excluding hydrogens is 260 g/mol. The Hall–Kier alpha value is -0.550. The summed E-state index contributed by atoms with van der Waals surface area (Å²) in [6.07, 6.45) is 4.93. The van der Waals surface area contributed by atoms with Gasteiger partial charge in [-0.2, -0.15) is 16.7 Å². The highest BCUT2D eigenvalue weighted by molar-refractivity contribution is 7.98. The van der Waals surface area contributed by atoms with E-state index in [-0.39, 0.29) is 6.10 Å². The lowest BCUT2D eigenvalue weighted by molar-refractivity contribution is 0.102. The van der Waals surface area contributed by atoms with Gasteiger partial charge in [0.2, 0.25) is 5.89 Å². The molecule has 4 nitrogen and oxygen atoms in total. The number of thioether (sulfide) groups is 1. The number of rotatable bonds is 7. The summed E-state index contributed by atoms with van der Waals surface area (Å²) >= 11 is 1.82. The van der Waals surface area contributed by atoms with Crippen molar-refractivity contribution in [3.63, 3.8) is 0 Å². The van der Waals surface area contributed by atoms with Gasteiger partial charge in [-0.15, -0.1) is 0 Å². The van der Waals surface area contributed by atoms with Crippen LogP contribution in [0.4, 0.5) is 0 Å². The molecule has 1 aromatic heterocycles. The van der Waals surface area contributed by atoms with Crippen LogP contribution >= 0.6 is 11.8 Å². The zero-order valence-corrected chi connectivity index (χ0v) is 12.7. The van der Waals surface area contributed by atoms with Crippen LogP contribution in [0.25, 0.3) is 0 Å². The van der Waals surface area contributed by atoms with Crippen LogP contribution in [0, 0.1) is 11.8 Å². The average Bonchev–Trinajstić information content (AvgIpc) is 2.99. The zero-order chi connectivity index (χ0) is 13.7. The van der Waals surface area contributed by atoms with Gasteiger partial charge in [-0.3, -0.25) is 0 Å². The molecule has 0 aliphatic heterocycles. The summed E-state index contributed by atoms with van der Waals surface area (Å²) in [4.78, 5) is 4.36. The van der Waals surface area contributed by atoms with Crippen LogP contribution in [0.15, 0.2) is 4.52 Å². The molecule has 1 aliphatic carbocycles. The van der Waals surface area contributed by atoms with Crippen LogP contribution in [0.5, 0.6) is 0 Å². The second-order valence-corrected chi connectivity index (χ2v) is 6.86. The van der Waals surface area contributed by atoms with E-state index in [9.17, 15) is 5.11 Å². The molecule has 0 saturated heterocycles. The van der Waals surface area contributed by atoms with Crippen molar-refractivity contribution in [3.8, 4) is 0 Å². The molecular formula is C14H24N2O2S. The van der Waals surface area contributed by atoms with Crippen LogP contribution in [-0.2, 0) is 12.2 Å². The van der Waals surface area contributed by atoms with Crippen molar-refractivity contribution < 1.29 is 9.63 Å². The molecule has 0 bridgehead atoms. The van der Waals surface area contributed by atoms with E-state index < -0.39 is 0 Å². The first-order chi connectivity index (χ1) is 9.15. The van der Waals surface area contributed by atoms with Gasteiger partial charge in [0.15, 0.2) is 5.82 Å². The Kier molecular flexibility index (Phi) is 5.70. The van der Waals surface area contributed by atoms with E-state index in [4.69, 9.17) is 4.52 Å². The third-order valence-corrected chi connectivity index (χ3v) is 4.88. The first kappa shape index (κ1) is 14.9. The minimum atomic E-state index is -0.320. The summed E-state index contributed by atoms with van der Waals surface area (Å²) in [5.41, 5.74) is 0. The Morgan fingerprint density at radius 2 is 2.11 bits per heavy atom.